The molecule has 0 radical (unpaired) electrons. The fraction of sp³-hybridized carbons (Fsp3) is 0. The Labute approximate surface area is 291 Å². The second kappa shape index (κ2) is 11.4. The first-order valence-electron chi connectivity index (χ1n) is 16.5. The molecule has 49 heavy (non-hydrogen) atoms. The van der Waals surface area contributed by atoms with Crippen molar-refractivity contribution in [2.75, 3.05) is 4.90 Å². The van der Waals surface area contributed by atoms with Crippen LogP contribution in [0.4, 0.5) is 17.1 Å². The molecular weight excluding hydrogens is 633 g/mol. The molecule has 0 saturated carbocycles. The number of hydrogen-bond donors (Lipinski definition) is 0. The summed E-state index contributed by atoms with van der Waals surface area (Å²) in [4.78, 5) is 7.43. The maximum atomic E-state index is 5.03. The zero-order valence-corrected chi connectivity index (χ0v) is 28.0. The normalized spacial score (nSPS) is 11.7. The Morgan fingerprint density at radius 2 is 1.04 bits per heavy atom. The van der Waals surface area contributed by atoms with Gasteiger partial charge in [0.2, 0.25) is 0 Å². The smallest absolute Gasteiger partial charge is 0.124 e. The lowest BCUT2D eigenvalue weighted by atomic mass is 10.0. The summed E-state index contributed by atoms with van der Waals surface area (Å²) in [6.45, 7) is 0. The van der Waals surface area contributed by atoms with E-state index in [2.05, 4.69) is 175 Å². The maximum absolute atomic E-state index is 5.03. The second-order valence-corrected chi connectivity index (χ2v) is 14.5. The molecule has 0 unspecified atom stereocenters. The van der Waals surface area contributed by atoms with E-state index in [-0.39, 0.29) is 0 Å². The van der Waals surface area contributed by atoms with Gasteiger partial charge in [0.15, 0.2) is 0 Å². The molecule has 0 amide bonds. The number of hydrogen-bond acceptors (Lipinski definition) is 4. The van der Waals surface area contributed by atoms with Gasteiger partial charge in [-0.05, 0) is 81.2 Å². The average molecular weight is 661 g/mol. The van der Waals surface area contributed by atoms with Gasteiger partial charge in [-0.25, -0.2) is 4.98 Å². The van der Waals surface area contributed by atoms with Crippen LogP contribution in [0.25, 0.3) is 73.6 Å². The topological polar surface area (TPSA) is 16.1 Å². The average Bonchev–Trinajstić information content (AvgIpc) is 3.77. The summed E-state index contributed by atoms with van der Waals surface area (Å²) in [6.07, 6.45) is 0. The molecule has 2 nitrogen and oxygen atoms in total. The predicted molar refractivity (Wildman–Crippen MR) is 213 cm³/mol. The summed E-state index contributed by atoms with van der Waals surface area (Å²) in [5, 5.41) is 8.66. The molecular formula is C45H28N2S2. The first-order valence-corrected chi connectivity index (χ1v) is 18.1. The van der Waals surface area contributed by atoms with Crippen LogP contribution in [0.1, 0.15) is 0 Å². The number of thiazole rings is 1. The van der Waals surface area contributed by atoms with Crippen molar-refractivity contribution < 1.29 is 0 Å². The van der Waals surface area contributed by atoms with Gasteiger partial charge in [0.05, 0.1) is 10.2 Å². The standard InChI is InChI=1S/C45H28N2S2/c1-3-9-29(10-4-1)30-17-20-34(21-18-30)47(35-22-19-32-16-15-31-11-7-8-14-37(31)39(32)27-35)36-23-24-38-42(28-36)48-41-26-25-40-44(43(38)41)49-45(46-40)33-12-5-2-6-13-33/h1-28H. The van der Waals surface area contributed by atoms with Crippen molar-refractivity contribution in [3.05, 3.63) is 170 Å². The summed E-state index contributed by atoms with van der Waals surface area (Å²) in [7, 11) is 0. The molecule has 0 saturated heterocycles. The molecule has 0 atom stereocenters. The van der Waals surface area contributed by atoms with E-state index in [0.717, 1.165) is 33.1 Å². The van der Waals surface area contributed by atoms with Gasteiger partial charge in [0.1, 0.15) is 5.01 Å². The third-order valence-electron chi connectivity index (χ3n) is 9.47. The van der Waals surface area contributed by atoms with Crippen molar-refractivity contribution in [1.82, 2.24) is 4.98 Å². The lowest BCUT2D eigenvalue weighted by molar-refractivity contribution is 1.30. The molecule has 0 spiro atoms. The van der Waals surface area contributed by atoms with Crippen molar-refractivity contribution in [1.29, 1.82) is 0 Å². The van der Waals surface area contributed by atoms with Crippen LogP contribution in [0, 0.1) is 0 Å². The molecule has 10 rings (SSSR count). The molecule has 8 aromatic carbocycles. The third kappa shape index (κ3) is 4.80. The van der Waals surface area contributed by atoms with Gasteiger partial charge >= 0.3 is 0 Å². The van der Waals surface area contributed by atoms with Gasteiger partial charge in [-0.3, -0.25) is 0 Å². The van der Waals surface area contributed by atoms with Crippen LogP contribution in [-0.4, -0.2) is 4.98 Å². The van der Waals surface area contributed by atoms with Crippen LogP contribution in [0.15, 0.2) is 170 Å². The number of fused-ring (bicyclic) bond motifs is 8. The summed E-state index contributed by atoms with van der Waals surface area (Å²) in [6, 6.07) is 61.4. The number of rotatable bonds is 5. The fourth-order valence-electron chi connectivity index (χ4n) is 7.09. The summed E-state index contributed by atoms with van der Waals surface area (Å²) in [5.41, 5.74) is 8.04. The van der Waals surface area contributed by atoms with E-state index in [4.69, 9.17) is 4.98 Å². The molecule has 0 fully saturated rings. The number of aromatic nitrogens is 1. The quantitative estimate of drug-likeness (QED) is 0.171. The van der Waals surface area contributed by atoms with Gasteiger partial charge in [-0.1, -0.05) is 121 Å². The summed E-state index contributed by atoms with van der Waals surface area (Å²) < 4.78 is 3.82. The van der Waals surface area contributed by atoms with Crippen molar-refractivity contribution in [2.24, 2.45) is 0 Å². The van der Waals surface area contributed by atoms with E-state index >= 15 is 0 Å². The van der Waals surface area contributed by atoms with E-state index in [1.54, 1.807) is 11.3 Å². The summed E-state index contributed by atoms with van der Waals surface area (Å²) >= 11 is 3.65. The van der Waals surface area contributed by atoms with E-state index in [1.807, 2.05) is 11.3 Å². The first-order chi connectivity index (χ1) is 24.3. The van der Waals surface area contributed by atoms with Crippen molar-refractivity contribution >= 4 is 91.7 Å². The monoisotopic (exact) mass is 660 g/mol. The Bertz CT molecular complexity index is 2820. The zero-order chi connectivity index (χ0) is 32.3. The third-order valence-corrected chi connectivity index (χ3v) is 11.7. The fourth-order valence-corrected chi connectivity index (χ4v) is 9.43. The molecule has 2 heterocycles. The minimum Gasteiger partial charge on any atom is -0.310 e. The SMILES string of the molecule is c1ccc(-c2ccc(N(c3ccc4c(c3)sc3ccc5nc(-c6ccccc6)sc5c34)c3ccc4ccc5ccccc5c4c3)cc2)cc1. The molecule has 0 aliphatic rings. The second-order valence-electron chi connectivity index (χ2n) is 12.4. The minimum absolute atomic E-state index is 1.06. The Morgan fingerprint density at radius 1 is 0.408 bits per heavy atom. The maximum Gasteiger partial charge on any atom is 0.124 e. The van der Waals surface area contributed by atoms with Gasteiger partial charge in [-0.15, -0.1) is 22.7 Å². The van der Waals surface area contributed by atoms with Crippen LogP contribution in [-0.2, 0) is 0 Å². The molecule has 4 heteroatoms. The number of anilines is 3. The van der Waals surface area contributed by atoms with Crippen LogP contribution >= 0.6 is 22.7 Å². The van der Waals surface area contributed by atoms with E-state index in [1.165, 1.54) is 57.5 Å². The lowest BCUT2D eigenvalue weighted by Gasteiger charge is -2.26. The number of benzene rings is 8. The molecule has 230 valence electrons. The Balaban J connectivity index is 1.15. The van der Waals surface area contributed by atoms with Gasteiger partial charge in [0.25, 0.3) is 0 Å². The van der Waals surface area contributed by atoms with Crippen molar-refractivity contribution in [3.63, 3.8) is 0 Å². The number of nitrogens with zero attached hydrogens (tertiary/aromatic N) is 2. The lowest BCUT2D eigenvalue weighted by Crippen LogP contribution is -2.09. The van der Waals surface area contributed by atoms with E-state index in [9.17, 15) is 0 Å². The highest BCUT2D eigenvalue weighted by Crippen LogP contribution is 2.45. The van der Waals surface area contributed by atoms with Crippen LogP contribution in [0.3, 0.4) is 0 Å². The Hall–Kier alpha value is -5.81. The number of thiophene rings is 1. The van der Waals surface area contributed by atoms with Crippen molar-refractivity contribution in [2.45, 2.75) is 0 Å². The molecule has 2 aromatic heterocycles. The largest absolute Gasteiger partial charge is 0.310 e. The molecule has 0 bridgehead atoms. The van der Waals surface area contributed by atoms with E-state index < -0.39 is 0 Å². The van der Waals surface area contributed by atoms with Crippen LogP contribution in [0.5, 0.6) is 0 Å². The Kier molecular flexibility index (Phi) is 6.57. The Morgan fingerprint density at radius 3 is 1.86 bits per heavy atom. The summed E-state index contributed by atoms with van der Waals surface area (Å²) in [5.74, 6) is 0. The molecule has 0 N–H and O–H groups in total. The highest BCUT2D eigenvalue weighted by atomic mass is 32.1. The molecule has 0 aliphatic heterocycles. The minimum atomic E-state index is 1.06. The van der Waals surface area contributed by atoms with Crippen LogP contribution < -0.4 is 4.90 Å². The molecule has 0 aliphatic carbocycles. The highest BCUT2D eigenvalue weighted by molar-refractivity contribution is 7.28. The van der Waals surface area contributed by atoms with Crippen molar-refractivity contribution in [3.8, 4) is 21.7 Å². The zero-order valence-electron chi connectivity index (χ0n) is 26.4. The van der Waals surface area contributed by atoms with Crippen LogP contribution in [0.2, 0.25) is 0 Å². The van der Waals surface area contributed by atoms with Gasteiger partial charge < -0.3 is 4.90 Å². The van der Waals surface area contributed by atoms with Gasteiger partial charge in [-0.2, -0.15) is 0 Å². The highest BCUT2D eigenvalue weighted by Gasteiger charge is 2.18. The molecule has 10 aromatic rings. The predicted octanol–water partition coefficient (Wildman–Crippen LogP) is 13.8. The van der Waals surface area contributed by atoms with Gasteiger partial charge in [0, 0.05) is 42.8 Å². The first kappa shape index (κ1) is 28.2. The van der Waals surface area contributed by atoms with E-state index in [0.29, 0.717) is 0 Å².